The second kappa shape index (κ2) is 15.1. The van der Waals surface area contributed by atoms with Gasteiger partial charge in [-0.25, -0.2) is 9.97 Å². The van der Waals surface area contributed by atoms with Gasteiger partial charge in [-0.1, -0.05) is 194 Å². The normalized spacial score (nSPS) is 12.8. The fourth-order valence-corrected chi connectivity index (χ4v) is 11.3. The lowest BCUT2D eigenvalue weighted by Crippen LogP contribution is -2.29. The van der Waals surface area contributed by atoms with Gasteiger partial charge >= 0.3 is 0 Å². The van der Waals surface area contributed by atoms with Crippen molar-refractivity contribution in [1.29, 1.82) is 0 Å². The van der Waals surface area contributed by atoms with Gasteiger partial charge in [0.15, 0.2) is 5.82 Å². The molecular weight excluding hydrogens is 825 g/mol. The lowest BCUT2D eigenvalue weighted by atomic mass is 9.65. The minimum atomic E-state index is -0.617. The van der Waals surface area contributed by atoms with Gasteiger partial charge < -0.3 is 4.42 Å². The van der Waals surface area contributed by atoms with Gasteiger partial charge in [-0.05, 0) is 126 Å². The first-order valence-corrected chi connectivity index (χ1v) is 23.3. The lowest BCUT2D eigenvalue weighted by Gasteiger charge is -2.35. The first-order chi connectivity index (χ1) is 33.7. The van der Waals surface area contributed by atoms with Crippen molar-refractivity contribution in [2.24, 2.45) is 0 Å². The molecule has 0 amide bonds. The Hall–Kier alpha value is -8.92. The molecule has 12 aromatic rings. The van der Waals surface area contributed by atoms with Crippen molar-refractivity contribution in [1.82, 2.24) is 9.97 Å². The van der Waals surface area contributed by atoms with Crippen LogP contribution in [0, 0.1) is 0 Å². The van der Waals surface area contributed by atoms with Crippen LogP contribution in [0.15, 0.2) is 247 Å². The van der Waals surface area contributed by atoms with E-state index in [4.69, 9.17) is 14.4 Å². The summed E-state index contributed by atoms with van der Waals surface area (Å²) in [5, 5.41) is 2.16. The van der Waals surface area contributed by atoms with Crippen LogP contribution in [-0.4, -0.2) is 9.97 Å². The molecule has 14 rings (SSSR count). The zero-order valence-electron chi connectivity index (χ0n) is 36.9. The van der Waals surface area contributed by atoms with Gasteiger partial charge in [0.25, 0.3) is 0 Å². The summed E-state index contributed by atoms with van der Waals surface area (Å²) in [5.41, 5.74) is 22.7. The highest BCUT2D eigenvalue weighted by atomic mass is 16.3. The second-order valence-corrected chi connectivity index (χ2v) is 18.0. The Morgan fingerprint density at radius 1 is 0.265 bits per heavy atom. The van der Waals surface area contributed by atoms with E-state index in [1.807, 2.05) is 12.1 Å². The van der Waals surface area contributed by atoms with Crippen molar-refractivity contribution < 1.29 is 4.42 Å². The number of rotatable bonds is 5. The van der Waals surface area contributed by atoms with Gasteiger partial charge in [0.2, 0.25) is 0 Å². The third-order valence-corrected chi connectivity index (χ3v) is 14.3. The third-order valence-electron chi connectivity index (χ3n) is 14.3. The zero-order valence-corrected chi connectivity index (χ0v) is 36.9. The number of benzene rings is 10. The van der Waals surface area contributed by atoms with Gasteiger partial charge in [-0.15, -0.1) is 0 Å². The highest BCUT2D eigenvalue weighted by Crippen LogP contribution is 2.61. The van der Waals surface area contributed by atoms with Crippen molar-refractivity contribution in [2.45, 2.75) is 5.41 Å². The molecule has 0 saturated carbocycles. The van der Waals surface area contributed by atoms with E-state index in [0.29, 0.717) is 5.82 Å². The highest BCUT2D eigenvalue weighted by Gasteiger charge is 2.49. The summed E-state index contributed by atoms with van der Waals surface area (Å²) in [4.78, 5) is 11.0. The molecule has 1 spiro atoms. The molecule has 0 fully saturated rings. The molecule has 2 heterocycles. The Labute approximate surface area is 394 Å². The lowest BCUT2D eigenvalue weighted by molar-refractivity contribution is 0.669. The molecule has 0 atom stereocenters. The molecule has 3 nitrogen and oxygen atoms in total. The molecule has 2 aliphatic carbocycles. The summed E-state index contributed by atoms with van der Waals surface area (Å²) in [6.07, 6.45) is 0. The molecule has 2 aliphatic rings. The monoisotopic (exact) mass is 864 g/mol. The molecule has 3 heteroatoms. The minimum Gasteiger partial charge on any atom is -0.456 e. The summed E-state index contributed by atoms with van der Waals surface area (Å²) in [7, 11) is 0. The first-order valence-electron chi connectivity index (χ1n) is 23.3. The molecular formula is C65H40N2O. The van der Waals surface area contributed by atoms with E-state index >= 15 is 0 Å². The molecule has 2 aromatic heterocycles. The van der Waals surface area contributed by atoms with Crippen molar-refractivity contribution >= 4 is 21.9 Å². The average Bonchev–Trinajstić information content (AvgIpc) is 3.90. The molecule has 0 N–H and O–H groups in total. The van der Waals surface area contributed by atoms with Gasteiger partial charge in [0.1, 0.15) is 11.2 Å². The van der Waals surface area contributed by atoms with E-state index in [2.05, 4.69) is 231 Å². The van der Waals surface area contributed by atoms with E-state index in [9.17, 15) is 0 Å². The predicted molar refractivity (Wildman–Crippen MR) is 278 cm³/mol. The van der Waals surface area contributed by atoms with Crippen LogP contribution in [0.1, 0.15) is 22.3 Å². The Balaban J connectivity index is 1.03. The quantitative estimate of drug-likeness (QED) is 0.173. The highest BCUT2D eigenvalue weighted by molar-refractivity contribution is 6.06. The van der Waals surface area contributed by atoms with Crippen molar-refractivity contribution in [3.63, 3.8) is 0 Å². The van der Waals surface area contributed by atoms with Crippen LogP contribution in [0.4, 0.5) is 0 Å². The van der Waals surface area contributed by atoms with Gasteiger partial charge in [-0.2, -0.15) is 0 Å². The number of aromatic nitrogens is 2. The van der Waals surface area contributed by atoms with E-state index in [1.54, 1.807) is 0 Å². The summed E-state index contributed by atoms with van der Waals surface area (Å²) < 4.78 is 6.45. The molecule has 0 radical (unpaired) electrons. The van der Waals surface area contributed by atoms with Gasteiger partial charge in [0, 0.05) is 27.5 Å². The summed E-state index contributed by atoms with van der Waals surface area (Å²) in [6.45, 7) is 0. The second-order valence-electron chi connectivity index (χ2n) is 18.0. The van der Waals surface area contributed by atoms with E-state index < -0.39 is 5.41 Å². The van der Waals surface area contributed by atoms with Crippen molar-refractivity contribution in [3.05, 3.63) is 265 Å². The van der Waals surface area contributed by atoms with Gasteiger partial charge in [-0.3, -0.25) is 0 Å². The number of hydrogen-bond acceptors (Lipinski definition) is 3. The van der Waals surface area contributed by atoms with Gasteiger partial charge in [0.05, 0.1) is 16.8 Å². The predicted octanol–water partition coefficient (Wildman–Crippen LogP) is 16.7. The van der Waals surface area contributed by atoms with Crippen LogP contribution in [0.3, 0.4) is 0 Å². The molecule has 0 aliphatic heterocycles. The van der Waals surface area contributed by atoms with E-state index in [-0.39, 0.29) is 0 Å². The number of hydrogen-bond donors (Lipinski definition) is 0. The maximum Gasteiger partial charge on any atom is 0.160 e. The molecule has 0 unspecified atom stereocenters. The molecule has 0 bridgehead atoms. The van der Waals surface area contributed by atoms with Crippen LogP contribution in [0.5, 0.6) is 0 Å². The van der Waals surface area contributed by atoms with Crippen LogP contribution < -0.4 is 0 Å². The standard InChI is InChI=1S/C65H40N2O/c1-3-17-41(18-4-1)45-35-46(42-19-5-2-6-20-42)37-47(36-45)61-40-60(66-64(67-61)44-32-34-55-54-26-12-16-30-62(54)68-63(55)39-44)43-31-33-53-52-25-11-15-29-58(52)65(59(53)38-43)56-27-13-9-23-50(56)48-21-7-8-22-49(48)51-24-10-14-28-57(51)65/h1-40H. The molecule has 0 saturated heterocycles. The topological polar surface area (TPSA) is 38.9 Å². The number of para-hydroxylation sites is 1. The molecule has 10 aromatic carbocycles. The fourth-order valence-electron chi connectivity index (χ4n) is 11.3. The third kappa shape index (κ3) is 5.79. The maximum atomic E-state index is 6.45. The summed E-state index contributed by atoms with van der Waals surface area (Å²) >= 11 is 0. The summed E-state index contributed by atoms with van der Waals surface area (Å²) in [6, 6.07) is 87.8. The number of nitrogens with zero attached hydrogens (tertiary/aromatic N) is 2. The summed E-state index contributed by atoms with van der Waals surface area (Å²) in [5.74, 6) is 0.630. The average molecular weight is 865 g/mol. The smallest absolute Gasteiger partial charge is 0.160 e. The van der Waals surface area contributed by atoms with Crippen LogP contribution in [0.2, 0.25) is 0 Å². The SMILES string of the molecule is c1ccc(-c2cc(-c3ccccc3)cc(-c3cc(-c4ccc5c(c4)C4(c6ccccc6-c6ccccc6-c6ccccc64)c4ccccc4-5)nc(-c4ccc5c(c4)oc4ccccc45)n3)c2)cc1. The number of fused-ring (bicyclic) bond motifs is 15. The van der Waals surface area contributed by atoms with Crippen LogP contribution >= 0.6 is 0 Å². The Morgan fingerprint density at radius 2 is 0.721 bits per heavy atom. The van der Waals surface area contributed by atoms with Crippen molar-refractivity contribution in [3.8, 4) is 89.5 Å². The van der Waals surface area contributed by atoms with Crippen molar-refractivity contribution in [2.75, 3.05) is 0 Å². The molecule has 316 valence electrons. The van der Waals surface area contributed by atoms with E-state index in [0.717, 1.165) is 72.3 Å². The Morgan fingerprint density at radius 3 is 1.34 bits per heavy atom. The zero-order chi connectivity index (χ0) is 44.8. The largest absolute Gasteiger partial charge is 0.456 e. The molecule has 68 heavy (non-hydrogen) atoms. The number of furan rings is 1. The Bertz CT molecular complexity index is 3850. The fraction of sp³-hybridized carbons (Fsp3) is 0.0154. The first kappa shape index (κ1) is 38.4. The minimum absolute atomic E-state index is 0.617. The maximum absolute atomic E-state index is 6.45. The van der Waals surface area contributed by atoms with E-state index in [1.165, 1.54) is 55.6 Å². The van der Waals surface area contributed by atoms with Crippen LogP contribution in [0.25, 0.3) is 111 Å². The van der Waals surface area contributed by atoms with Crippen LogP contribution in [-0.2, 0) is 5.41 Å². The Kier molecular flexibility index (Phi) is 8.50.